The Balaban J connectivity index is 2.81. The third-order valence-corrected chi connectivity index (χ3v) is 1.90. The van der Waals surface area contributed by atoms with Crippen molar-refractivity contribution in [2.75, 3.05) is 6.54 Å². The quantitative estimate of drug-likeness (QED) is 0.544. The van der Waals surface area contributed by atoms with Gasteiger partial charge in [-0.3, -0.25) is 0 Å². The number of isocyanates is 1. The van der Waals surface area contributed by atoms with Crippen molar-refractivity contribution in [2.24, 2.45) is 4.99 Å². The number of hydrogen-bond acceptors (Lipinski definition) is 2. The smallest absolute Gasteiger partial charge is 0.235 e. The molecular formula is C9H7ClFNO. The largest absolute Gasteiger partial charge is 0.240 e. The highest BCUT2D eigenvalue weighted by molar-refractivity contribution is 6.31. The van der Waals surface area contributed by atoms with E-state index in [4.69, 9.17) is 11.6 Å². The molecule has 0 aliphatic carbocycles. The molecular weight excluding hydrogens is 193 g/mol. The number of rotatable bonds is 3. The van der Waals surface area contributed by atoms with E-state index in [9.17, 15) is 9.18 Å². The topological polar surface area (TPSA) is 29.4 Å². The molecule has 4 heteroatoms. The first-order valence-electron chi connectivity index (χ1n) is 3.68. The first-order valence-corrected chi connectivity index (χ1v) is 4.05. The Kier molecular flexibility index (Phi) is 3.62. The van der Waals surface area contributed by atoms with Crippen molar-refractivity contribution in [3.05, 3.63) is 34.9 Å². The van der Waals surface area contributed by atoms with Crippen LogP contribution < -0.4 is 0 Å². The summed E-state index contributed by atoms with van der Waals surface area (Å²) in [5.41, 5.74) is 0.350. The van der Waals surface area contributed by atoms with E-state index in [1.807, 2.05) is 0 Å². The summed E-state index contributed by atoms with van der Waals surface area (Å²) in [5, 5.41) is 0.344. The van der Waals surface area contributed by atoms with Crippen LogP contribution in [0.25, 0.3) is 0 Å². The lowest BCUT2D eigenvalue weighted by atomic mass is 10.1. The number of alkyl halides is 1. The fourth-order valence-electron chi connectivity index (χ4n) is 0.945. The minimum Gasteiger partial charge on any atom is -0.240 e. The van der Waals surface area contributed by atoms with Crippen molar-refractivity contribution < 1.29 is 9.18 Å². The zero-order chi connectivity index (χ0) is 9.68. The summed E-state index contributed by atoms with van der Waals surface area (Å²) in [5.74, 6) is 0. The second-order valence-corrected chi connectivity index (χ2v) is 2.83. The summed E-state index contributed by atoms with van der Waals surface area (Å²) in [4.78, 5) is 12.9. The molecule has 0 N–H and O–H groups in total. The monoisotopic (exact) mass is 199 g/mol. The van der Waals surface area contributed by atoms with Gasteiger partial charge in [-0.2, -0.15) is 0 Å². The molecule has 0 heterocycles. The van der Waals surface area contributed by atoms with Crippen LogP contribution in [-0.4, -0.2) is 12.6 Å². The number of benzene rings is 1. The average molecular weight is 200 g/mol. The van der Waals surface area contributed by atoms with Crippen LogP contribution in [0.3, 0.4) is 0 Å². The maximum absolute atomic E-state index is 13.2. The van der Waals surface area contributed by atoms with Gasteiger partial charge < -0.3 is 0 Å². The van der Waals surface area contributed by atoms with E-state index in [1.54, 1.807) is 24.3 Å². The second-order valence-electron chi connectivity index (χ2n) is 2.42. The SMILES string of the molecule is O=C=NCC(F)c1ccccc1Cl. The predicted octanol–water partition coefficient (Wildman–Crippen LogP) is 2.69. The van der Waals surface area contributed by atoms with Gasteiger partial charge in [0.1, 0.15) is 6.17 Å². The van der Waals surface area contributed by atoms with Gasteiger partial charge in [0.15, 0.2) is 0 Å². The Hall–Kier alpha value is -1.18. The van der Waals surface area contributed by atoms with Crippen LogP contribution in [0.5, 0.6) is 0 Å². The third-order valence-electron chi connectivity index (χ3n) is 1.56. The van der Waals surface area contributed by atoms with Crippen molar-refractivity contribution in [2.45, 2.75) is 6.17 Å². The maximum Gasteiger partial charge on any atom is 0.235 e. The lowest BCUT2D eigenvalue weighted by Crippen LogP contribution is -1.96. The summed E-state index contributed by atoms with van der Waals surface area (Å²) in [6.07, 6.45) is -0.0581. The number of nitrogens with zero attached hydrogens (tertiary/aromatic N) is 1. The number of hydrogen-bond donors (Lipinski definition) is 0. The Bertz CT molecular complexity index is 336. The second kappa shape index (κ2) is 4.75. The van der Waals surface area contributed by atoms with Gasteiger partial charge in [-0.1, -0.05) is 29.8 Å². The molecule has 0 saturated heterocycles. The minimum absolute atomic E-state index is 0.229. The van der Waals surface area contributed by atoms with Gasteiger partial charge in [-0.05, 0) is 6.07 Å². The Morgan fingerprint density at radius 2 is 2.23 bits per heavy atom. The average Bonchev–Trinajstić information content (AvgIpc) is 2.15. The highest BCUT2D eigenvalue weighted by atomic mass is 35.5. The molecule has 1 atom stereocenters. The lowest BCUT2D eigenvalue weighted by Gasteiger charge is -2.05. The molecule has 0 fully saturated rings. The van der Waals surface area contributed by atoms with E-state index in [0.29, 0.717) is 10.6 Å². The number of halogens is 2. The Labute approximate surface area is 80.1 Å². The van der Waals surface area contributed by atoms with Crippen molar-refractivity contribution in [1.82, 2.24) is 0 Å². The Morgan fingerprint density at radius 1 is 1.54 bits per heavy atom. The fourth-order valence-corrected chi connectivity index (χ4v) is 1.20. The zero-order valence-electron chi connectivity index (χ0n) is 6.71. The highest BCUT2D eigenvalue weighted by Gasteiger charge is 2.11. The molecule has 1 aromatic rings. The van der Waals surface area contributed by atoms with E-state index in [0.717, 1.165) is 0 Å². The van der Waals surface area contributed by atoms with Gasteiger partial charge in [0.25, 0.3) is 0 Å². The molecule has 2 nitrogen and oxygen atoms in total. The van der Waals surface area contributed by atoms with Crippen LogP contribution in [0.15, 0.2) is 29.3 Å². The van der Waals surface area contributed by atoms with Crippen molar-refractivity contribution in [3.8, 4) is 0 Å². The third kappa shape index (κ3) is 2.65. The molecule has 0 aliphatic heterocycles. The fraction of sp³-hybridized carbons (Fsp3) is 0.222. The molecule has 1 aromatic carbocycles. The van der Waals surface area contributed by atoms with Gasteiger partial charge in [-0.15, -0.1) is 0 Å². The summed E-state index contributed by atoms with van der Waals surface area (Å²) in [7, 11) is 0. The van der Waals surface area contributed by atoms with Crippen LogP contribution in [0.4, 0.5) is 4.39 Å². The van der Waals surface area contributed by atoms with Gasteiger partial charge in [0.05, 0.1) is 6.54 Å². The molecule has 13 heavy (non-hydrogen) atoms. The van der Waals surface area contributed by atoms with E-state index in [2.05, 4.69) is 4.99 Å². The Morgan fingerprint density at radius 3 is 2.85 bits per heavy atom. The van der Waals surface area contributed by atoms with Crippen LogP contribution >= 0.6 is 11.6 Å². The van der Waals surface area contributed by atoms with Gasteiger partial charge in [0, 0.05) is 10.6 Å². The molecule has 1 unspecified atom stereocenters. The van der Waals surface area contributed by atoms with E-state index in [1.165, 1.54) is 6.08 Å². The summed E-state index contributed by atoms with van der Waals surface area (Å²) in [6, 6.07) is 6.54. The molecule has 0 radical (unpaired) electrons. The minimum atomic E-state index is -1.34. The predicted molar refractivity (Wildman–Crippen MR) is 48.3 cm³/mol. The molecule has 68 valence electrons. The van der Waals surface area contributed by atoms with Gasteiger partial charge in [-0.25, -0.2) is 14.2 Å². The van der Waals surface area contributed by atoms with Crippen molar-refractivity contribution >= 4 is 17.7 Å². The maximum atomic E-state index is 13.2. The summed E-state index contributed by atoms with van der Waals surface area (Å²) < 4.78 is 13.2. The van der Waals surface area contributed by atoms with E-state index < -0.39 is 6.17 Å². The highest BCUT2D eigenvalue weighted by Crippen LogP contribution is 2.25. The van der Waals surface area contributed by atoms with Crippen LogP contribution in [0, 0.1) is 0 Å². The van der Waals surface area contributed by atoms with Crippen LogP contribution in [-0.2, 0) is 4.79 Å². The molecule has 0 saturated carbocycles. The molecule has 0 bridgehead atoms. The summed E-state index contributed by atoms with van der Waals surface area (Å²) >= 11 is 5.72. The standard InChI is InChI=1S/C9H7ClFNO/c10-8-4-2-1-3-7(8)9(11)5-12-6-13/h1-4,9H,5H2. The zero-order valence-corrected chi connectivity index (χ0v) is 7.46. The van der Waals surface area contributed by atoms with Crippen molar-refractivity contribution in [3.63, 3.8) is 0 Å². The number of aliphatic imine (C=N–C) groups is 1. The first kappa shape index (κ1) is 9.90. The molecule has 0 amide bonds. The van der Waals surface area contributed by atoms with E-state index >= 15 is 0 Å². The van der Waals surface area contributed by atoms with Crippen molar-refractivity contribution in [1.29, 1.82) is 0 Å². The van der Waals surface area contributed by atoms with E-state index in [-0.39, 0.29) is 6.54 Å². The molecule has 1 rings (SSSR count). The van der Waals surface area contributed by atoms with Gasteiger partial charge >= 0.3 is 0 Å². The molecule has 0 aromatic heterocycles. The number of carbonyl (C=O) groups excluding carboxylic acids is 1. The molecule has 0 spiro atoms. The normalized spacial score (nSPS) is 11.8. The van der Waals surface area contributed by atoms with Gasteiger partial charge in [0.2, 0.25) is 6.08 Å². The molecule has 0 aliphatic rings. The van der Waals surface area contributed by atoms with Crippen LogP contribution in [0.1, 0.15) is 11.7 Å². The summed E-state index contributed by atoms with van der Waals surface area (Å²) in [6.45, 7) is -0.229. The van der Waals surface area contributed by atoms with Crippen LogP contribution in [0.2, 0.25) is 5.02 Å². The first-order chi connectivity index (χ1) is 6.25. The lowest BCUT2D eigenvalue weighted by molar-refractivity contribution is 0.353.